The summed E-state index contributed by atoms with van der Waals surface area (Å²) in [6, 6.07) is 16.7. The molecule has 0 amide bonds. The standard InChI is InChI=1S/C26H33N5O2.HI/c1-20-10-11-22(24(15-20)33-19-23-9-6-14-32-23)16-29-26(27-2)30-17-25-28-12-13-31(25)18-21-7-4-3-5-8-21;/h3-5,7-8,10-13,15,23H,6,9,14,16-19H2,1-2H3,(H2,27,29,30);1H. The minimum atomic E-state index is 0. The molecule has 3 aromatic rings. The lowest BCUT2D eigenvalue weighted by atomic mass is 10.1. The van der Waals surface area contributed by atoms with Gasteiger partial charge in [0.15, 0.2) is 5.96 Å². The number of benzene rings is 2. The van der Waals surface area contributed by atoms with E-state index in [4.69, 9.17) is 9.47 Å². The number of ether oxygens (including phenoxy) is 2. The lowest BCUT2D eigenvalue weighted by molar-refractivity contribution is 0.0676. The number of aryl methyl sites for hydroxylation is 1. The van der Waals surface area contributed by atoms with Gasteiger partial charge >= 0.3 is 0 Å². The highest BCUT2D eigenvalue weighted by Gasteiger charge is 2.17. The summed E-state index contributed by atoms with van der Waals surface area (Å²) in [6.07, 6.45) is 6.21. The fourth-order valence-electron chi connectivity index (χ4n) is 3.89. The van der Waals surface area contributed by atoms with E-state index >= 15 is 0 Å². The van der Waals surface area contributed by atoms with Crippen LogP contribution in [0.25, 0.3) is 0 Å². The van der Waals surface area contributed by atoms with Crippen LogP contribution in [0.1, 0.15) is 35.4 Å². The normalized spacial score (nSPS) is 15.6. The van der Waals surface area contributed by atoms with E-state index in [1.807, 2.05) is 18.5 Å². The molecule has 2 aromatic carbocycles. The van der Waals surface area contributed by atoms with E-state index in [0.29, 0.717) is 19.7 Å². The van der Waals surface area contributed by atoms with Gasteiger partial charge in [-0.1, -0.05) is 42.5 Å². The maximum atomic E-state index is 6.12. The smallest absolute Gasteiger partial charge is 0.191 e. The van der Waals surface area contributed by atoms with Gasteiger partial charge in [-0.2, -0.15) is 0 Å². The molecule has 182 valence electrons. The summed E-state index contributed by atoms with van der Waals surface area (Å²) in [7, 11) is 1.77. The second-order valence-corrected chi connectivity index (χ2v) is 8.29. The molecule has 1 fully saturated rings. The van der Waals surface area contributed by atoms with Crippen molar-refractivity contribution < 1.29 is 9.47 Å². The third kappa shape index (κ3) is 7.46. The summed E-state index contributed by atoms with van der Waals surface area (Å²) in [4.78, 5) is 8.88. The van der Waals surface area contributed by atoms with Crippen LogP contribution in [0.4, 0.5) is 0 Å². The van der Waals surface area contributed by atoms with Gasteiger partial charge < -0.3 is 24.7 Å². The van der Waals surface area contributed by atoms with Crippen LogP contribution in [-0.2, 0) is 24.4 Å². The molecular formula is C26H34IN5O2. The van der Waals surface area contributed by atoms with Gasteiger partial charge in [-0.25, -0.2) is 4.98 Å². The molecule has 34 heavy (non-hydrogen) atoms. The van der Waals surface area contributed by atoms with Gasteiger partial charge in [0.2, 0.25) is 0 Å². The number of rotatable bonds is 9. The van der Waals surface area contributed by atoms with Gasteiger partial charge in [-0.05, 0) is 37.0 Å². The Morgan fingerprint density at radius 1 is 1.18 bits per heavy atom. The second-order valence-electron chi connectivity index (χ2n) is 8.29. The highest BCUT2D eigenvalue weighted by atomic mass is 127. The minimum Gasteiger partial charge on any atom is -0.491 e. The number of halogens is 1. The van der Waals surface area contributed by atoms with Crippen molar-refractivity contribution in [1.29, 1.82) is 0 Å². The number of aromatic nitrogens is 2. The van der Waals surface area contributed by atoms with Gasteiger partial charge in [0.05, 0.1) is 12.6 Å². The van der Waals surface area contributed by atoms with Crippen molar-refractivity contribution in [3.8, 4) is 5.75 Å². The molecule has 7 nitrogen and oxygen atoms in total. The van der Waals surface area contributed by atoms with Crippen LogP contribution in [0, 0.1) is 6.92 Å². The Morgan fingerprint density at radius 3 is 2.76 bits per heavy atom. The summed E-state index contributed by atoms with van der Waals surface area (Å²) in [6.45, 7) is 5.48. The number of imidazole rings is 1. The third-order valence-electron chi connectivity index (χ3n) is 5.75. The van der Waals surface area contributed by atoms with E-state index < -0.39 is 0 Å². The van der Waals surface area contributed by atoms with Crippen LogP contribution in [0.15, 0.2) is 65.9 Å². The summed E-state index contributed by atoms with van der Waals surface area (Å²) in [5.74, 6) is 2.57. The number of hydrogen-bond acceptors (Lipinski definition) is 4. The lowest BCUT2D eigenvalue weighted by Gasteiger charge is -2.17. The van der Waals surface area contributed by atoms with Gasteiger partial charge in [0.25, 0.3) is 0 Å². The first-order valence-electron chi connectivity index (χ1n) is 11.5. The SMILES string of the molecule is CN=C(NCc1ccc(C)cc1OCC1CCCO1)NCc1nccn1Cc1ccccc1.I. The summed E-state index contributed by atoms with van der Waals surface area (Å²) in [5, 5.41) is 6.77. The highest BCUT2D eigenvalue weighted by Crippen LogP contribution is 2.22. The molecule has 8 heteroatoms. The van der Waals surface area contributed by atoms with Gasteiger partial charge in [-0.3, -0.25) is 4.99 Å². The minimum absolute atomic E-state index is 0. The zero-order valence-electron chi connectivity index (χ0n) is 19.9. The number of guanidine groups is 1. The summed E-state index contributed by atoms with van der Waals surface area (Å²) in [5.41, 5.74) is 3.51. The van der Waals surface area contributed by atoms with Crippen LogP contribution in [-0.4, -0.2) is 41.9 Å². The molecule has 1 atom stereocenters. The number of hydrogen-bond donors (Lipinski definition) is 2. The van der Waals surface area contributed by atoms with E-state index in [1.54, 1.807) is 7.05 Å². The van der Waals surface area contributed by atoms with E-state index in [2.05, 4.69) is 74.6 Å². The van der Waals surface area contributed by atoms with Crippen LogP contribution < -0.4 is 15.4 Å². The first-order valence-corrected chi connectivity index (χ1v) is 11.5. The molecular weight excluding hydrogens is 541 g/mol. The fourth-order valence-corrected chi connectivity index (χ4v) is 3.89. The van der Waals surface area contributed by atoms with Crippen molar-refractivity contribution in [3.05, 3.63) is 83.4 Å². The van der Waals surface area contributed by atoms with Crippen molar-refractivity contribution in [2.75, 3.05) is 20.3 Å². The van der Waals surface area contributed by atoms with Crippen LogP contribution in [0.5, 0.6) is 5.75 Å². The summed E-state index contributed by atoms with van der Waals surface area (Å²) >= 11 is 0. The Morgan fingerprint density at radius 2 is 2.00 bits per heavy atom. The Labute approximate surface area is 219 Å². The molecule has 1 saturated heterocycles. The molecule has 1 aliphatic heterocycles. The van der Waals surface area contributed by atoms with Crippen LogP contribution in [0.2, 0.25) is 0 Å². The Hall–Kier alpha value is -2.59. The monoisotopic (exact) mass is 575 g/mol. The molecule has 0 saturated carbocycles. The Balaban J connectivity index is 0.00000324. The third-order valence-corrected chi connectivity index (χ3v) is 5.75. The molecule has 0 spiro atoms. The lowest BCUT2D eigenvalue weighted by Crippen LogP contribution is -2.37. The molecule has 0 bridgehead atoms. The first kappa shape index (κ1) is 26.0. The first-order chi connectivity index (χ1) is 16.2. The zero-order valence-corrected chi connectivity index (χ0v) is 22.2. The topological polar surface area (TPSA) is 72.7 Å². The summed E-state index contributed by atoms with van der Waals surface area (Å²) < 4.78 is 14.0. The van der Waals surface area contributed by atoms with Crippen molar-refractivity contribution in [2.24, 2.45) is 4.99 Å². The zero-order chi connectivity index (χ0) is 22.9. The van der Waals surface area contributed by atoms with E-state index in [1.165, 1.54) is 11.1 Å². The molecule has 0 aliphatic carbocycles. The molecule has 4 rings (SSSR count). The predicted octanol–water partition coefficient (Wildman–Crippen LogP) is 4.28. The number of nitrogens with zero attached hydrogens (tertiary/aromatic N) is 3. The van der Waals surface area contributed by atoms with E-state index in [9.17, 15) is 0 Å². The fraction of sp³-hybridized carbons (Fsp3) is 0.385. The highest BCUT2D eigenvalue weighted by molar-refractivity contribution is 14.0. The predicted molar refractivity (Wildman–Crippen MR) is 146 cm³/mol. The Kier molecular flexibility index (Phi) is 10.2. The molecule has 2 heterocycles. The van der Waals surface area contributed by atoms with E-state index in [-0.39, 0.29) is 30.1 Å². The van der Waals surface area contributed by atoms with E-state index in [0.717, 1.165) is 49.1 Å². The maximum Gasteiger partial charge on any atom is 0.191 e. The maximum absolute atomic E-state index is 6.12. The van der Waals surface area contributed by atoms with Crippen molar-refractivity contribution in [1.82, 2.24) is 20.2 Å². The molecule has 1 unspecified atom stereocenters. The molecule has 1 aliphatic rings. The number of nitrogens with one attached hydrogen (secondary N) is 2. The molecule has 2 N–H and O–H groups in total. The number of aliphatic imine (C=N–C) groups is 1. The van der Waals surface area contributed by atoms with Gasteiger partial charge in [-0.15, -0.1) is 24.0 Å². The van der Waals surface area contributed by atoms with Gasteiger partial charge in [0, 0.05) is 44.7 Å². The van der Waals surface area contributed by atoms with Crippen LogP contribution >= 0.6 is 24.0 Å². The van der Waals surface area contributed by atoms with Crippen molar-refractivity contribution in [3.63, 3.8) is 0 Å². The average molecular weight is 575 g/mol. The average Bonchev–Trinajstić information content (AvgIpc) is 3.52. The molecule has 0 radical (unpaired) electrons. The second kappa shape index (κ2) is 13.3. The quantitative estimate of drug-likeness (QED) is 0.227. The van der Waals surface area contributed by atoms with Gasteiger partial charge in [0.1, 0.15) is 18.2 Å². The largest absolute Gasteiger partial charge is 0.491 e. The Bertz CT molecular complexity index is 1050. The molecule has 1 aromatic heterocycles. The van der Waals surface area contributed by atoms with Crippen LogP contribution in [0.3, 0.4) is 0 Å². The van der Waals surface area contributed by atoms with Crippen molar-refractivity contribution >= 4 is 29.9 Å². The van der Waals surface area contributed by atoms with Crippen molar-refractivity contribution in [2.45, 2.75) is 45.5 Å².